The zero-order valence-electron chi connectivity index (χ0n) is 12.1. The van der Waals surface area contributed by atoms with Crippen molar-refractivity contribution in [2.45, 2.75) is 36.9 Å². The average Bonchev–Trinajstić information content (AvgIpc) is 2.97. The standard InChI is InChI=1S/C14H18ClNO5S/c1-10(21-9-12-5-3-7-20-12)14(17)16-22(18,19)13-6-2-4-11(15)8-13/h2,4,6,8,10,12H,3,5,7,9H2,1H3,(H,16,17). The fourth-order valence-corrected chi connectivity index (χ4v) is 3.36. The Morgan fingerprint density at radius 3 is 2.95 bits per heavy atom. The highest BCUT2D eigenvalue weighted by Gasteiger charge is 2.24. The van der Waals surface area contributed by atoms with Gasteiger partial charge in [0.05, 0.1) is 17.6 Å². The van der Waals surface area contributed by atoms with Gasteiger partial charge in [0.2, 0.25) is 0 Å². The molecule has 122 valence electrons. The van der Waals surface area contributed by atoms with Gasteiger partial charge >= 0.3 is 0 Å². The summed E-state index contributed by atoms with van der Waals surface area (Å²) < 4.78 is 36.9. The molecule has 0 bridgehead atoms. The topological polar surface area (TPSA) is 81.7 Å². The summed E-state index contributed by atoms with van der Waals surface area (Å²) in [6.45, 7) is 2.46. The van der Waals surface area contributed by atoms with E-state index in [0.717, 1.165) is 12.8 Å². The van der Waals surface area contributed by atoms with Crippen molar-refractivity contribution in [3.05, 3.63) is 29.3 Å². The van der Waals surface area contributed by atoms with Gasteiger partial charge in [0.15, 0.2) is 0 Å². The van der Waals surface area contributed by atoms with E-state index in [-0.39, 0.29) is 22.6 Å². The lowest BCUT2D eigenvalue weighted by Gasteiger charge is -2.16. The van der Waals surface area contributed by atoms with Gasteiger partial charge in [-0.2, -0.15) is 0 Å². The van der Waals surface area contributed by atoms with Crippen LogP contribution in [0.25, 0.3) is 0 Å². The third kappa shape index (κ3) is 4.67. The van der Waals surface area contributed by atoms with Gasteiger partial charge in [-0.1, -0.05) is 17.7 Å². The highest BCUT2D eigenvalue weighted by Crippen LogP contribution is 2.16. The zero-order valence-corrected chi connectivity index (χ0v) is 13.7. The minimum Gasteiger partial charge on any atom is -0.376 e. The largest absolute Gasteiger partial charge is 0.376 e. The van der Waals surface area contributed by atoms with Crippen molar-refractivity contribution in [2.24, 2.45) is 0 Å². The van der Waals surface area contributed by atoms with Gasteiger partial charge in [-0.3, -0.25) is 4.79 Å². The second-order valence-electron chi connectivity index (χ2n) is 5.04. The first kappa shape index (κ1) is 17.2. The van der Waals surface area contributed by atoms with E-state index in [1.165, 1.54) is 25.1 Å². The predicted molar refractivity (Wildman–Crippen MR) is 81.2 cm³/mol. The van der Waals surface area contributed by atoms with E-state index in [1.807, 2.05) is 4.72 Å². The molecule has 1 fully saturated rings. The lowest BCUT2D eigenvalue weighted by Crippen LogP contribution is -2.39. The Hall–Kier alpha value is -1.15. The van der Waals surface area contributed by atoms with E-state index >= 15 is 0 Å². The number of hydrogen-bond acceptors (Lipinski definition) is 5. The number of amides is 1. The number of sulfonamides is 1. The van der Waals surface area contributed by atoms with Crippen LogP contribution in [0.5, 0.6) is 0 Å². The quantitative estimate of drug-likeness (QED) is 0.847. The first-order valence-corrected chi connectivity index (χ1v) is 8.80. The second kappa shape index (κ2) is 7.41. The maximum atomic E-state index is 12.1. The molecule has 0 spiro atoms. The van der Waals surface area contributed by atoms with Crippen molar-refractivity contribution in [3.63, 3.8) is 0 Å². The Morgan fingerprint density at radius 2 is 2.32 bits per heavy atom. The van der Waals surface area contributed by atoms with Crippen molar-refractivity contribution in [3.8, 4) is 0 Å². The highest BCUT2D eigenvalue weighted by molar-refractivity contribution is 7.90. The number of carbonyl (C=O) groups excluding carboxylic acids is 1. The summed E-state index contributed by atoms with van der Waals surface area (Å²) in [5.41, 5.74) is 0. The molecule has 1 aromatic rings. The molecule has 1 aromatic carbocycles. The number of halogens is 1. The third-order valence-corrected chi connectivity index (χ3v) is 4.85. The minimum atomic E-state index is -3.96. The molecule has 1 saturated heterocycles. The van der Waals surface area contributed by atoms with Crippen molar-refractivity contribution >= 4 is 27.5 Å². The lowest BCUT2D eigenvalue weighted by atomic mass is 10.2. The van der Waals surface area contributed by atoms with Gasteiger partial charge in [0, 0.05) is 11.6 Å². The Morgan fingerprint density at radius 1 is 1.55 bits per heavy atom. The highest BCUT2D eigenvalue weighted by atomic mass is 35.5. The molecule has 2 atom stereocenters. The van der Waals surface area contributed by atoms with Gasteiger partial charge in [0.25, 0.3) is 15.9 Å². The van der Waals surface area contributed by atoms with Gasteiger partial charge in [-0.15, -0.1) is 0 Å². The molecular formula is C14H18ClNO5S. The summed E-state index contributed by atoms with van der Waals surface area (Å²) in [5, 5.41) is 0.276. The van der Waals surface area contributed by atoms with Crippen LogP contribution in [-0.2, 0) is 24.3 Å². The molecule has 1 N–H and O–H groups in total. The van der Waals surface area contributed by atoms with Crippen molar-refractivity contribution in [1.29, 1.82) is 0 Å². The van der Waals surface area contributed by atoms with E-state index in [0.29, 0.717) is 6.61 Å². The van der Waals surface area contributed by atoms with Gasteiger partial charge in [-0.05, 0) is 38.0 Å². The van der Waals surface area contributed by atoms with Crippen LogP contribution in [0.2, 0.25) is 5.02 Å². The molecule has 2 unspecified atom stereocenters. The molecule has 0 saturated carbocycles. The molecule has 0 aromatic heterocycles. The SMILES string of the molecule is CC(OCC1CCCO1)C(=O)NS(=O)(=O)c1cccc(Cl)c1. The van der Waals surface area contributed by atoms with Crippen molar-refractivity contribution < 1.29 is 22.7 Å². The van der Waals surface area contributed by atoms with Gasteiger partial charge in [-0.25, -0.2) is 13.1 Å². The Balaban J connectivity index is 1.92. The fourth-order valence-electron chi connectivity index (χ4n) is 2.01. The lowest BCUT2D eigenvalue weighted by molar-refractivity contribution is -0.131. The van der Waals surface area contributed by atoms with Gasteiger partial charge in [0.1, 0.15) is 6.10 Å². The predicted octanol–water partition coefficient (Wildman–Crippen LogP) is 1.73. The number of hydrogen-bond donors (Lipinski definition) is 1. The molecule has 1 amide bonds. The average molecular weight is 348 g/mol. The molecule has 1 heterocycles. The van der Waals surface area contributed by atoms with Crippen LogP contribution in [0, 0.1) is 0 Å². The summed E-state index contributed by atoms with van der Waals surface area (Å²) in [6.07, 6.45) is 0.936. The van der Waals surface area contributed by atoms with Crippen LogP contribution in [0.15, 0.2) is 29.2 Å². The number of ether oxygens (including phenoxy) is 2. The van der Waals surface area contributed by atoms with E-state index in [2.05, 4.69) is 0 Å². The van der Waals surface area contributed by atoms with Crippen LogP contribution >= 0.6 is 11.6 Å². The summed E-state index contributed by atoms with van der Waals surface area (Å²) in [4.78, 5) is 11.9. The van der Waals surface area contributed by atoms with E-state index in [4.69, 9.17) is 21.1 Å². The number of carbonyl (C=O) groups is 1. The summed E-state index contributed by atoms with van der Waals surface area (Å²) in [6, 6.07) is 5.68. The van der Waals surface area contributed by atoms with Crippen LogP contribution in [0.3, 0.4) is 0 Å². The molecule has 2 rings (SSSR count). The van der Waals surface area contributed by atoms with E-state index in [1.54, 1.807) is 6.07 Å². The first-order valence-electron chi connectivity index (χ1n) is 6.94. The van der Waals surface area contributed by atoms with Crippen molar-refractivity contribution in [2.75, 3.05) is 13.2 Å². The molecule has 1 aliphatic heterocycles. The van der Waals surface area contributed by atoms with Crippen LogP contribution in [-0.4, -0.2) is 39.7 Å². The summed E-state index contributed by atoms with van der Waals surface area (Å²) in [5.74, 6) is -0.724. The van der Waals surface area contributed by atoms with Gasteiger partial charge < -0.3 is 9.47 Å². The molecular weight excluding hydrogens is 330 g/mol. The Kier molecular flexibility index (Phi) is 5.80. The molecule has 0 radical (unpaired) electrons. The first-order chi connectivity index (χ1) is 10.4. The van der Waals surface area contributed by atoms with Crippen LogP contribution < -0.4 is 4.72 Å². The summed E-state index contributed by atoms with van der Waals surface area (Å²) in [7, 11) is -3.96. The molecule has 22 heavy (non-hydrogen) atoms. The van der Waals surface area contributed by atoms with E-state index < -0.39 is 22.0 Å². The fraction of sp³-hybridized carbons (Fsp3) is 0.500. The molecule has 6 nitrogen and oxygen atoms in total. The number of nitrogens with one attached hydrogen (secondary N) is 1. The zero-order chi connectivity index (χ0) is 16.2. The molecule has 0 aliphatic carbocycles. The third-order valence-electron chi connectivity index (χ3n) is 3.27. The normalized spacial score (nSPS) is 19.8. The number of benzene rings is 1. The monoisotopic (exact) mass is 347 g/mol. The van der Waals surface area contributed by atoms with Crippen LogP contribution in [0.4, 0.5) is 0 Å². The Bertz CT molecular complexity index is 628. The van der Waals surface area contributed by atoms with Crippen LogP contribution in [0.1, 0.15) is 19.8 Å². The maximum Gasteiger partial charge on any atom is 0.264 e. The smallest absolute Gasteiger partial charge is 0.264 e. The van der Waals surface area contributed by atoms with Crippen molar-refractivity contribution in [1.82, 2.24) is 4.72 Å². The molecule has 1 aliphatic rings. The maximum absolute atomic E-state index is 12.1. The Labute approximate surface area is 134 Å². The minimum absolute atomic E-state index is 0.0280. The second-order valence-corrected chi connectivity index (χ2v) is 7.16. The summed E-state index contributed by atoms with van der Waals surface area (Å²) >= 11 is 5.76. The molecule has 8 heteroatoms. The number of rotatable bonds is 6. The van der Waals surface area contributed by atoms with E-state index in [9.17, 15) is 13.2 Å².